The Morgan fingerprint density at radius 2 is 2.00 bits per heavy atom. The van der Waals surface area contributed by atoms with Gasteiger partial charge in [-0.25, -0.2) is 9.97 Å². The lowest BCUT2D eigenvalue weighted by Crippen LogP contribution is -2.36. The Morgan fingerprint density at radius 1 is 1.23 bits per heavy atom. The molecule has 2 heterocycles. The standard InChI is InChI=1S/C15H15BrN4O2/c16-12-4-2-1-3-11(12)15(21)19-13-9-14(18-10-17-13)20-5-7-22-8-6-20/h1-4,9-10H,5-8H2,(H,17,18,19,21). The van der Waals surface area contributed by atoms with Gasteiger partial charge in [-0.05, 0) is 28.1 Å². The van der Waals surface area contributed by atoms with E-state index in [1.807, 2.05) is 18.2 Å². The zero-order valence-corrected chi connectivity index (χ0v) is 13.4. The van der Waals surface area contributed by atoms with Crippen molar-refractivity contribution in [2.75, 3.05) is 36.5 Å². The summed E-state index contributed by atoms with van der Waals surface area (Å²) in [7, 11) is 0. The van der Waals surface area contributed by atoms with Gasteiger partial charge in [0, 0.05) is 23.6 Å². The van der Waals surface area contributed by atoms with E-state index in [-0.39, 0.29) is 5.91 Å². The number of ether oxygens (including phenoxy) is 1. The van der Waals surface area contributed by atoms with Gasteiger partial charge >= 0.3 is 0 Å². The third-order valence-corrected chi connectivity index (χ3v) is 4.04. The van der Waals surface area contributed by atoms with Crippen LogP contribution in [0.15, 0.2) is 41.1 Å². The first-order valence-electron chi connectivity index (χ1n) is 6.94. The van der Waals surface area contributed by atoms with Gasteiger partial charge in [0.1, 0.15) is 18.0 Å². The topological polar surface area (TPSA) is 67.4 Å². The van der Waals surface area contributed by atoms with Crippen LogP contribution in [0.25, 0.3) is 0 Å². The summed E-state index contributed by atoms with van der Waals surface area (Å²) in [5, 5.41) is 2.80. The Balaban J connectivity index is 1.75. The van der Waals surface area contributed by atoms with Crippen molar-refractivity contribution in [1.82, 2.24) is 9.97 Å². The van der Waals surface area contributed by atoms with Crippen LogP contribution in [0.4, 0.5) is 11.6 Å². The van der Waals surface area contributed by atoms with Gasteiger partial charge in [-0.2, -0.15) is 0 Å². The maximum atomic E-state index is 12.3. The average Bonchev–Trinajstić information content (AvgIpc) is 2.56. The fourth-order valence-electron chi connectivity index (χ4n) is 2.21. The van der Waals surface area contributed by atoms with Gasteiger partial charge in [0.2, 0.25) is 0 Å². The van der Waals surface area contributed by atoms with Crippen molar-refractivity contribution >= 4 is 33.5 Å². The molecule has 2 aromatic rings. The molecule has 1 amide bonds. The van der Waals surface area contributed by atoms with Crippen LogP contribution in [-0.2, 0) is 4.74 Å². The number of nitrogens with zero attached hydrogens (tertiary/aromatic N) is 3. The second-order valence-corrected chi connectivity index (χ2v) is 5.65. The molecule has 0 radical (unpaired) electrons. The lowest BCUT2D eigenvalue weighted by Gasteiger charge is -2.27. The SMILES string of the molecule is O=C(Nc1cc(N2CCOCC2)ncn1)c1ccccc1Br. The number of carbonyl (C=O) groups excluding carboxylic acids is 1. The molecule has 1 aromatic carbocycles. The highest BCUT2D eigenvalue weighted by atomic mass is 79.9. The molecule has 1 aromatic heterocycles. The Hall–Kier alpha value is -1.99. The third kappa shape index (κ3) is 3.42. The largest absolute Gasteiger partial charge is 0.378 e. The predicted octanol–water partition coefficient (Wildman–Crippen LogP) is 2.33. The molecule has 0 aliphatic carbocycles. The Morgan fingerprint density at radius 3 is 2.77 bits per heavy atom. The smallest absolute Gasteiger partial charge is 0.257 e. The summed E-state index contributed by atoms with van der Waals surface area (Å²) in [5.74, 6) is 1.07. The van der Waals surface area contributed by atoms with Crippen molar-refractivity contribution in [2.45, 2.75) is 0 Å². The maximum Gasteiger partial charge on any atom is 0.257 e. The molecule has 0 atom stereocenters. The van der Waals surface area contributed by atoms with E-state index in [1.165, 1.54) is 6.33 Å². The molecule has 0 spiro atoms. The fraction of sp³-hybridized carbons (Fsp3) is 0.267. The molecular formula is C15H15BrN4O2. The van der Waals surface area contributed by atoms with Gasteiger partial charge in [0.15, 0.2) is 0 Å². The molecule has 6 nitrogen and oxygen atoms in total. The normalized spacial score (nSPS) is 14.7. The number of amides is 1. The molecule has 0 unspecified atom stereocenters. The van der Waals surface area contributed by atoms with Gasteiger partial charge in [0.05, 0.1) is 18.8 Å². The zero-order valence-electron chi connectivity index (χ0n) is 11.8. The molecule has 1 aliphatic rings. The molecule has 1 N–H and O–H groups in total. The molecule has 114 valence electrons. The summed E-state index contributed by atoms with van der Waals surface area (Å²) in [6, 6.07) is 9.04. The van der Waals surface area contributed by atoms with E-state index >= 15 is 0 Å². The molecule has 1 aliphatic heterocycles. The summed E-state index contributed by atoms with van der Waals surface area (Å²) in [6.45, 7) is 2.94. The number of hydrogen-bond donors (Lipinski definition) is 1. The van der Waals surface area contributed by atoms with Crippen molar-refractivity contribution in [2.24, 2.45) is 0 Å². The Labute approximate surface area is 136 Å². The molecule has 1 fully saturated rings. The van der Waals surface area contributed by atoms with Crippen LogP contribution < -0.4 is 10.2 Å². The van der Waals surface area contributed by atoms with Crippen molar-refractivity contribution in [1.29, 1.82) is 0 Å². The summed E-state index contributed by atoms with van der Waals surface area (Å²) in [6.07, 6.45) is 1.46. The van der Waals surface area contributed by atoms with Crippen LogP contribution >= 0.6 is 15.9 Å². The zero-order chi connectivity index (χ0) is 15.4. The summed E-state index contributed by atoms with van der Waals surface area (Å²) >= 11 is 3.37. The van der Waals surface area contributed by atoms with Crippen LogP contribution in [0.5, 0.6) is 0 Å². The molecule has 0 saturated carbocycles. The van der Waals surface area contributed by atoms with E-state index in [9.17, 15) is 4.79 Å². The summed E-state index contributed by atoms with van der Waals surface area (Å²) in [4.78, 5) is 22.8. The number of nitrogens with one attached hydrogen (secondary N) is 1. The van der Waals surface area contributed by atoms with Crippen molar-refractivity contribution in [3.05, 3.63) is 46.7 Å². The Bertz CT molecular complexity index is 674. The molecule has 7 heteroatoms. The van der Waals surface area contributed by atoms with Crippen LogP contribution in [0.3, 0.4) is 0 Å². The first-order chi connectivity index (χ1) is 10.7. The van der Waals surface area contributed by atoms with E-state index in [1.54, 1.807) is 12.1 Å². The monoisotopic (exact) mass is 362 g/mol. The summed E-state index contributed by atoms with van der Waals surface area (Å²) < 4.78 is 6.07. The number of morpholine rings is 1. The van der Waals surface area contributed by atoms with Gasteiger partial charge in [0.25, 0.3) is 5.91 Å². The highest BCUT2D eigenvalue weighted by Crippen LogP contribution is 2.19. The number of rotatable bonds is 3. The lowest BCUT2D eigenvalue weighted by atomic mass is 10.2. The van der Waals surface area contributed by atoms with Crippen LogP contribution in [0.2, 0.25) is 0 Å². The van der Waals surface area contributed by atoms with E-state index in [0.29, 0.717) is 24.6 Å². The minimum Gasteiger partial charge on any atom is -0.378 e. The lowest BCUT2D eigenvalue weighted by molar-refractivity contribution is 0.102. The molecule has 1 saturated heterocycles. The first kappa shape index (κ1) is 14.9. The van der Waals surface area contributed by atoms with Gasteiger partial charge in [-0.1, -0.05) is 12.1 Å². The first-order valence-corrected chi connectivity index (χ1v) is 7.74. The molecule has 0 bridgehead atoms. The quantitative estimate of drug-likeness (QED) is 0.907. The highest BCUT2D eigenvalue weighted by Gasteiger charge is 2.15. The number of anilines is 2. The molecular weight excluding hydrogens is 348 g/mol. The van der Waals surface area contributed by atoms with Crippen molar-refractivity contribution in [3.8, 4) is 0 Å². The van der Waals surface area contributed by atoms with Gasteiger partial charge in [-0.3, -0.25) is 4.79 Å². The van der Waals surface area contributed by atoms with E-state index in [2.05, 4.69) is 36.1 Å². The number of aromatic nitrogens is 2. The number of carbonyl (C=O) groups is 1. The van der Waals surface area contributed by atoms with E-state index in [4.69, 9.17) is 4.74 Å². The minimum absolute atomic E-state index is 0.209. The molecule has 22 heavy (non-hydrogen) atoms. The van der Waals surface area contributed by atoms with Crippen molar-refractivity contribution < 1.29 is 9.53 Å². The molecule has 3 rings (SSSR count). The van der Waals surface area contributed by atoms with Crippen molar-refractivity contribution in [3.63, 3.8) is 0 Å². The van der Waals surface area contributed by atoms with Gasteiger partial charge < -0.3 is 15.0 Å². The Kier molecular flexibility index (Phi) is 4.65. The minimum atomic E-state index is -0.209. The number of benzene rings is 1. The third-order valence-electron chi connectivity index (χ3n) is 3.35. The highest BCUT2D eigenvalue weighted by molar-refractivity contribution is 9.10. The van der Waals surface area contributed by atoms with E-state index in [0.717, 1.165) is 23.4 Å². The average molecular weight is 363 g/mol. The fourth-order valence-corrected chi connectivity index (χ4v) is 2.67. The van der Waals surface area contributed by atoms with E-state index < -0.39 is 0 Å². The second kappa shape index (κ2) is 6.85. The number of halogens is 1. The number of hydrogen-bond acceptors (Lipinski definition) is 5. The maximum absolute atomic E-state index is 12.3. The van der Waals surface area contributed by atoms with Crippen LogP contribution in [-0.4, -0.2) is 42.2 Å². The van der Waals surface area contributed by atoms with Gasteiger partial charge in [-0.15, -0.1) is 0 Å². The second-order valence-electron chi connectivity index (χ2n) is 4.79. The predicted molar refractivity (Wildman–Crippen MR) is 87.2 cm³/mol. The van der Waals surface area contributed by atoms with Crippen LogP contribution in [0.1, 0.15) is 10.4 Å². The summed E-state index contributed by atoms with van der Waals surface area (Å²) in [5.41, 5.74) is 0.564. The van der Waals surface area contributed by atoms with Crippen LogP contribution in [0, 0.1) is 0 Å².